The predicted molar refractivity (Wildman–Crippen MR) is 48.8 cm³/mol. The fourth-order valence-electron chi connectivity index (χ4n) is 1.07. The summed E-state index contributed by atoms with van der Waals surface area (Å²) < 4.78 is 0. The fourth-order valence-corrected chi connectivity index (χ4v) is 1.07. The van der Waals surface area contributed by atoms with E-state index in [9.17, 15) is 10.1 Å². The monoisotopic (exact) mass is 198 g/mol. The van der Waals surface area contributed by atoms with Gasteiger partial charge in [-0.1, -0.05) is 5.10 Å². The molecule has 0 unspecified atom stereocenters. The number of hydrazine groups is 1. The summed E-state index contributed by atoms with van der Waals surface area (Å²) in [5.41, 5.74) is 6.21. The van der Waals surface area contributed by atoms with Gasteiger partial charge < -0.3 is 15.8 Å². The van der Waals surface area contributed by atoms with E-state index >= 15 is 0 Å². The minimum Gasteiger partial charge on any atom is -0.364 e. The van der Waals surface area contributed by atoms with E-state index in [1.54, 1.807) is 19.9 Å². The normalized spacial score (nSPS) is 9.86. The van der Waals surface area contributed by atoms with Gasteiger partial charge in [0.05, 0.1) is 10.7 Å². The van der Waals surface area contributed by atoms with E-state index in [-0.39, 0.29) is 0 Å². The maximum Gasteiger partial charge on any atom is 0.278 e. The number of nitrogens with zero attached hydrogens (tertiary/aromatic N) is 4. The summed E-state index contributed by atoms with van der Waals surface area (Å²) in [6, 6.07) is 1.65. The van der Waals surface area contributed by atoms with Gasteiger partial charge in [-0.05, 0) is 11.7 Å². The van der Waals surface area contributed by atoms with Crippen LogP contribution in [0.3, 0.4) is 0 Å². The van der Waals surface area contributed by atoms with E-state index in [0.717, 1.165) is 4.79 Å². The fraction of sp³-hybridized carbons (Fsp3) is 0.333. The molecule has 0 atom stereocenters. The molecule has 0 fully saturated rings. The van der Waals surface area contributed by atoms with Gasteiger partial charge in [-0.2, -0.15) is 0 Å². The second-order valence-corrected chi connectivity index (χ2v) is 2.73. The summed E-state index contributed by atoms with van der Waals surface area (Å²) in [5, 5.41) is 21.0. The maximum atomic E-state index is 10.6. The van der Waals surface area contributed by atoms with Crippen LogP contribution in [0.2, 0.25) is 0 Å². The van der Waals surface area contributed by atoms with Gasteiger partial charge in [0.25, 0.3) is 5.96 Å². The van der Waals surface area contributed by atoms with Gasteiger partial charge in [-0.3, -0.25) is 5.41 Å². The van der Waals surface area contributed by atoms with Gasteiger partial charge in [0.15, 0.2) is 5.69 Å². The zero-order chi connectivity index (χ0) is 10.9. The number of nitrogens with two attached hydrogens (primary N) is 1. The number of hydrogen-bond acceptors (Lipinski definition) is 4. The topological polar surface area (TPSA) is 114 Å². The summed E-state index contributed by atoms with van der Waals surface area (Å²) >= 11 is 0. The number of rotatable bonds is 2. The van der Waals surface area contributed by atoms with Crippen LogP contribution in [-0.4, -0.2) is 20.9 Å². The van der Waals surface area contributed by atoms with Crippen molar-refractivity contribution < 1.29 is 5.03 Å². The van der Waals surface area contributed by atoms with E-state index in [0.29, 0.717) is 16.5 Å². The minimum atomic E-state index is -0.804. The van der Waals surface area contributed by atoms with Crippen molar-refractivity contribution in [3.8, 4) is 0 Å². The van der Waals surface area contributed by atoms with E-state index in [2.05, 4.69) is 5.10 Å². The highest BCUT2D eigenvalue weighted by molar-refractivity contribution is 5.82. The molecule has 0 amide bonds. The first kappa shape index (κ1) is 9.96. The lowest BCUT2D eigenvalue weighted by atomic mass is 10.4. The molecular weight excluding hydrogens is 188 g/mol. The second kappa shape index (κ2) is 3.32. The number of aromatic nitrogens is 2. The van der Waals surface area contributed by atoms with Crippen molar-refractivity contribution in [2.75, 3.05) is 5.12 Å². The van der Waals surface area contributed by atoms with Crippen molar-refractivity contribution in [2.24, 2.45) is 5.73 Å². The molecule has 0 radical (unpaired) electrons. The zero-order valence-corrected chi connectivity index (χ0v) is 7.76. The summed E-state index contributed by atoms with van der Waals surface area (Å²) in [4.78, 5) is 11.5. The van der Waals surface area contributed by atoms with Crippen molar-refractivity contribution in [1.82, 2.24) is 9.89 Å². The van der Waals surface area contributed by atoms with Crippen LogP contribution in [-0.2, 0) is 0 Å². The zero-order valence-electron chi connectivity index (χ0n) is 7.76. The summed E-state index contributed by atoms with van der Waals surface area (Å²) in [5.74, 6) is -0.693. The third-order valence-electron chi connectivity index (χ3n) is 1.54. The molecule has 0 aliphatic rings. The van der Waals surface area contributed by atoms with E-state index < -0.39 is 11.0 Å². The molecule has 0 aliphatic heterocycles. The Morgan fingerprint density at radius 3 is 2.64 bits per heavy atom. The first-order valence-corrected chi connectivity index (χ1v) is 3.75. The third kappa shape index (κ3) is 1.63. The lowest BCUT2D eigenvalue weighted by molar-refractivity contribution is -0.501. The van der Waals surface area contributed by atoms with Crippen LogP contribution in [0.4, 0.5) is 0 Å². The Hall–Kier alpha value is -2.12. The number of hydrogen-bond donors (Lipinski definition) is 2. The molecule has 1 heterocycles. The number of guanidine groups is 1. The molecule has 76 valence electrons. The van der Waals surface area contributed by atoms with Crippen molar-refractivity contribution in [3.63, 3.8) is 0 Å². The van der Waals surface area contributed by atoms with Gasteiger partial charge in [0.1, 0.15) is 0 Å². The molecule has 8 nitrogen and oxygen atoms in total. The molecule has 0 spiro atoms. The molecule has 3 N–H and O–H groups in total. The van der Waals surface area contributed by atoms with Crippen molar-refractivity contribution in [2.45, 2.75) is 13.8 Å². The molecule has 0 saturated heterocycles. The molecule has 0 bridgehead atoms. The highest BCUT2D eigenvalue weighted by Crippen LogP contribution is 2.02. The van der Waals surface area contributed by atoms with Crippen LogP contribution in [0.5, 0.6) is 0 Å². The van der Waals surface area contributed by atoms with Gasteiger partial charge in [-0.15, -0.1) is 0 Å². The Kier molecular flexibility index (Phi) is 2.36. The van der Waals surface area contributed by atoms with Crippen LogP contribution in [0.25, 0.3) is 0 Å². The van der Waals surface area contributed by atoms with E-state index in [4.69, 9.17) is 11.1 Å². The Labute approximate surface area is 79.5 Å². The summed E-state index contributed by atoms with van der Waals surface area (Å²) in [6.45, 7) is 3.33. The SMILES string of the molecule is Cc1cc(C)n(N(C(=N)N)[N+](=O)[O-])n1. The highest BCUT2D eigenvalue weighted by Gasteiger charge is 2.23. The lowest BCUT2D eigenvalue weighted by Gasteiger charge is -2.11. The van der Waals surface area contributed by atoms with Crippen LogP contribution in [0.1, 0.15) is 11.4 Å². The van der Waals surface area contributed by atoms with Crippen molar-refractivity contribution in [1.29, 1.82) is 5.41 Å². The Morgan fingerprint density at radius 1 is 1.79 bits per heavy atom. The molecule has 8 heteroatoms. The average molecular weight is 198 g/mol. The molecule has 1 aromatic rings. The first-order valence-electron chi connectivity index (χ1n) is 3.75. The number of nitrogens with one attached hydrogen (secondary N) is 1. The molecular formula is C6H10N6O2. The van der Waals surface area contributed by atoms with Crippen LogP contribution >= 0.6 is 0 Å². The van der Waals surface area contributed by atoms with Crippen LogP contribution in [0, 0.1) is 29.4 Å². The molecule has 1 rings (SSSR count). The highest BCUT2D eigenvalue weighted by atomic mass is 16.7. The molecule has 14 heavy (non-hydrogen) atoms. The van der Waals surface area contributed by atoms with Gasteiger partial charge in [0.2, 0.25) is 0 Å². The second-order valence-electron chi connectivity index (χ2n) is 2.73. The standard InChI is InChI=1S/C6H10N6O2/c1-4-3-5(2)10(9-4)11(6(7)8)12(13)14/h3H,1-2H3,(H3,7,8). The minimum absolute atomic E-state index is 0.363. The van der Waals surface area contributed by atoms with Crippen molar-refractivity contribution in [3.05, 3.63) is 27.6 Å². The van der Waals surface area contributed by atoms with Gasteiger partial charge in [0, 0.05) is 18.1 Å². The van der Waals surface area contributed by atoms with Crippen LogP contribution < -0.4 is 10.9 Å². The van der Waals surface area contributed by atoms with Gasteiger partial charge >= 0.3 is 0 Å². The maximum absolute atomic E-state index is 10.6. The van der Waals surface area contributed by atoms with E-state index in [1.165, 1.54) is 0 Å². The molecule has 0 aromatic carbocycles. The quantitative estimate of drug-likeness (QED) is 0.288. The molecule has 0 aliphatic carbocycles. The predicted octanol–water partition coefficient (Wildman–Crippen LogP) is -0.477. The first-order chi connectivity index (χ1) is 6.43. The summed E-state index contributed by atoms with van der Waals surface area (Å²) in [7, 11) is 0. The largest absolute Gasteiger partial charge is 0.364 e. The Balaban J connectivity index is 3.18. The number of aryl methyl sites for hydroxylation is 2. The number of nitro groups is 1. The van der Waals surface area contributed by atoms with Crippen molar-refractivity contribution >= 4 is 5.96 Å². The Bertz CT molecular complexity index is 370. The third-order valence-corrected chi connectivity index (χ3v) is 1.54. The van der Waals surface area contributed by atoms with Crippen LogP contribution in [0.15, 0.2) is 6.07 Å². The Morgan fingerprint density at radius 2 is 2.36 bits per heavy atom. The van der Waals surface area contributed by atoms with Gasteiger partial charge in [-0.25, -0.2) is 0 Å². The molecule has 0 saturated carbocycles. The molecule has 1 aromatic heterocycles. The lowest BCUT2D eigenvalue weighted by Crippen LogP contribution is -2.49. The smallest absolute Gasteiger partial charge is 0.278 e. The average Bonchev–Trinajstić information content (AvgIpc) is 2.29. The van der Waals surface area contributed by atoms with E-state index in [1.807, 2.05) is 0 Å². The summed E-state index contributed by atoms with van der Waals surface area (Å²) in [6.07, 6.45) is 0.